The van der Waals surface area contributed by atoms with Gasteiger partial charge in [0.25, 0.3) is 0 Å². The smallest absolute Gasteiger partial charge is 0.305 e. The van der Waals surface area contributed by atoms with Gasteiger partial charge in [0.15, 0.2) is 0 Å². The Hall–Kier alpha value is -1.84. The maximum atomic E-state index is 11.3. The minimum Gasteiger partial charge on any atom is -0.469 e. The first-order chi connectivity index (χ1) is 8.37. The number of esters is 1. The predicted molar refractivity (Wildman–Crippen MR) is 69.0 cm³/mol. The number of primary amides is 1. The standard InChI is InChI=1S/C14H19NO3/c1-14(2,13(15)17)11-7-4-10(5-8-11)6-9-12(16)18-3/h4-5,7-8H,6,9H2,1-3H3,(H2,15,17). The van der Waals surface area contributed by atoms with Gasteiger partial charge in [0.1, 0.15) is 0 Å². The minimum absolute atomic E-state index is 0.225. The Morgan fingerprint density at radius 2 is 1.78 bits per heavy atom. The number of benzene rings is 1. The molecule has 1 aromatic rings. The Bertz CT molecular complexity index is 435. The first-order valence-electron chi connectivity index (χ1n) is 5.84. The molecule has 4 heteroatoms. The lowest BCUT2D eigenvalue weighted by Crippen LogP contribution is -2.35. The van der Waals surface area contributed by atoms with E-state index in [1.54, 1.807) is 13.8 Å². The summed E-state index contributed by atoms with van der Waals surface area (Å²) in [5, 5.41) is 0. The summed E-state index contributed by atoms with van der Waals surface area (Å²) in [6.45, 7) is 3.58. The van der Waals surface area contributed by atoms with Gasteiger partial charge >= 0.3 is 5.97 Å². The number of aryl methyl sites for hydroxylation is 1. The van der Waals surface area contributed by atoms with Gasteiger partial charge in [-0.15, -0.1) is 0 Å². The van der Waals surface area contributed by atoms with E-state index in [1.165, 1.54) is 7.11 Å². The van der Waals surface area contributed by atoms with E-state index < -0.39 is 5.41 Å². The van der Waals surface area contributed by atoms with Crippen molar-refractivity contribution in [3.63, 3.8) is 0 Å². The number of amides is 1. The largest absolute Gasteiger partial charge is 0.469 e. The summed E-state index contributed by atoms with van der Waals surface area (Å²) in [5.41, 5.74) is 6.58. The molecule has 1 amide bonds. The van der Waals surface area contributed by atoms with Crippen LogP contribution in [0.1, 0.15) is 31.4 Å². The fourth-order valence-electron chi connectivity index (χ4n) is 1.58. The van der Waals surface area contributed by atoms with Crippen LogP contribution >= 0.6 is 0 Å². The minimum atomic E-state index is -0.680. The van der Waals surface area contributed by atoms with Crippen molar-refractivity contribution in [1.29, 1.82) is 0 Å². The molecule has 0 aliphatic carbocycles. The molecule has 0 fully saturated rings. The molecule has 0 atom stereocenters. The van der Waals surface area contributed by atoms with Crippen LogP contribution in [0, 0.1) is 0 Å². The maximum Gasteiger partial charge on any atom is 0.305 e. The van der Waals surface area contributed by atoms with Crippen LogP contribution in [0.25, 0.3) is 0 Å². The molecule has 18 heavy (non-hydrogen) atoms. The third kappa shape index (κ3) is 3.32. The molecule has 0 aliphatic heterocycles. The van der Waals surface area contributed by atoms with Crippen LogP contribution in [0.3, 0.4) is 0 Å². The van der Waals surface area contributed by atoms with Crippen LogP contribution in [0.2, 0.25) is 0 Å². The van der Waals surface area contributed by atoms with Crippen LogP contribution in [0.15, 0.2) is 24.3 Å². The SMILES string of the molecule is COC(=O)CCc1ccc(C(C)(C)C(N)=O)cc1. The molecule has 0 heterocycles. The second kappa shape index (κ2) is 5.67. The van der Waals surface area contributed by atoms with Crippen molar-refractivity contribution in [3.05, 3.63) is 35.4 Å². The molecule has 98 valence electrons. The third-order valence-electron chi connectivity index (χ3n) is 3.14. The lowest BCUT2D eigenvalue weighted by atomic mass is 9.83. The van der Waals surface area contributed by atoms with E-state index in [2.05, 4.69) is 4.74 Å². The number of nitrogens with two attached hydrogens (primary N) is 1. The van der Waals surface area contributed by atoms with Gasteiger partial charge in [0, 0.05) is 6.42 Å². The zero-order valence-corrected chi connectivity index (χ0v) is 11.0. The molecule has 0 bridgehead atoms. The van der Waals surface area contributed by atoms with Gasteiger partial charge in [-0.25, -0.2) is 0 Å². The van der Waals surface area contributed by atoms with E-state index in [9.17, 15) is 9.59 Å². The van der Waals surface area contributed by atoms with Gasteiger partial charge in [-0.1, -0.05) is 24.3 Å². The molecule has 2 N–H and O–H groups in total. The molecule has 0 saturated heterocycles. The fraction of sp³-hybridized carbons (Fsp3) is 0.429. The van der Waals surface area contributed by atoms with E-state index in [0.29, 0.717) is 12.8 Å². The molecule has 0 radical (unpaired) electrons. The van der Waals surface area contributed by atoms with Crippen molar-refractivity contribution in [3.8, 4) is 0 Å². The quantitative estimate of drug-likeness (QED) is 0.805. The van der Waals surface area contributed by atoms with E-state index in [1.807, 2.05) is 24.3 Å². The van der Waals surface area contributed by atoms with Gasteiger partial charge in [0.2, 0.25) is 5.91 Å². The molecule has 1 aromatic carbocycles. The first kappa shape index (κ1) is 14.2. The van der Waals surface area contributed by atoms with E-state index in [4.69, 9.17) is 5.73 Å². The molecular weight excluding hydrogens is 230 g/mol. The second-order valence-corrected chi connectivity index (χ2v) is 4.76. The third-order valence-corrected chi connectivity index (χ3v) is 3.14. The fourth-order valence-corrected chi connectivity index (χ4v) is 1.58. The molecule has 1 rings (SSSR count). The highest BCUT2D eigenvalue weighted by atomic mass is 16.5. The number of hydrogen-bond donors (Lipinski definition) is 1. The Balaban J connectivity index is 2.74. The molecule has 0 spiro atoms. The number of carbonyl (C=O) groups is 2. The van der Waals surface area contributed by atoms with Gasteiger partial charge in [-0.05, 0) is 31.4 Å². The lowest BCUT2D eigenvalue weighted by Gasteiger charge is -2.21. The summed E-state index contributed by atoms with van der Waals surface area (Å²) >= 11 is 0. The molecule has 0 aromatic heterocycles. The average Bonchev–Trinajstić information content (AvgIpc) is 2.36. The summed E-state index contributed by atoms with van der Waals surface area (Å²) in [5.74, 6) is -0.582. The van der Waals surface area contributed by atoms with Crippen molar-refractivity contribution in [2.24, 2.45) is 5.73 Å². The Morgan fingerprint density at radius 1 is 1.22 bits per heavy atom. The highest BCUT2D eigenvalue weighted by molar-refractivity contribution is 5.85. The van der Waals surface area contributed by atoms with Crippen LogP contribution in [0.4, 0.5) is 0 Å². The van der Waals surface area contributed by atoms with Crippen LogP contribution in [-0.4, -0.2) is 19.0 Å². The van der Waals surface area contributed by atoms with Gasteiger partial charge in [-0.2, -0.15) is 0 Å². The molecule has 0 unspecified atom stereocenters. The normalized spacial score (nSPS) is 11.1. The van der Waals surface area contributed by atoms with Crippen molar-refractivity contribution < 1.29 is 14.3 Å². The lowest BCUT2D eigenvalue weighted by molar-refractivity contribution is -0.140. The summed E-state index contributed by atoms with van der Waals surface area (Å²) in [4.78, 5) is 22.3. The monoisotopic (exact) mass is 249 g/mol. The highest BCUT2D eigenvalue weighted by Gasteiger charge is 2.26. The van der Waals surface area contributed by atoms with Gasteiger partial charge < -0.3 is 10.5 Å². The number of hydrogen-bond acceptors (Lipinski definition) is 3. The van der Waals surface area contributed by atoms with Crippen LogP contribution in [0.5, 0.6) is 0 Å². The summed E-state index contributed by atoms with van der Waals surface area (Å²) in [7, 11) is 1.38. The van der Waals surface area contributed by atoms with E-state index in [0.717, 1.165) is 11.1 Å². The van der Waals surface area contributed by atoms with Crippen molar-refractivity contribution in [1.82, 2.24) is 0 Å². The number of rotatable bonds is 5. The van der Waals surface area contributed by atoms with Crippen molar-refractivity contribution in [2.45, 2.75) is 32.1 Å². The second-order valence-electron chi connectivity index (χ2n) is 4.76. The van der Waals surface area contributed by atoms with Crippen molar-refractivity contribution >= 4 is 11.9 Å². The topological polar surface area (TPSA) is 69.4 Å². The Kier molecular flexibility index (Phi) is 4.48. The summed E-state index contributed by atoms with van der Waals surface area (Å²) in [6, 6.07) is 7.56. The summed E-state index contributed by atoms with van der Waals surface area (Å²) in [6.07, 6.45) is 0.985. The zero-order valence-electron chi connectivity index (χ0n) is 11.0. The molecule has 4 nitrogen and oxygen atoms in total. The number of ether oxygens (including phenoxy) is 1. The van der Waals surface area contributed by atoms with E-state index >= 15 is 0 Å². The van der Waals surface area contributed by atoms with E-state index in [-0.39, 0.29) is 11.9 Å². The number of methoxy groups -OCH3 is 1. The van der Waals surface area contributed by atoms with Crippen LogP contribution < -0.4 is 5.73 Å². The molecule has 0 saturated carbocycles. The van der Waals surface area contributed by atoms with Crippen LogP contribution in [-0.2, 0) is 26.2 Å². The average molecular weight is 249 g/mol. The molecule has 0 aliphatic rings. The van der Waals surface area contributed by atoms with Gasteiger partial charge in [-0.3, -0.25) is 9.59 Å². The highest BCUT2D eigenvalue weighted by Crippen LogP contribution is 2.23. The maximum absolute atomic E-state index is 11.3. The number of carbonyl (C=O) groups excluding carboxylic acids is 2. The van der Waals surface area contributed by atoms with Gasteiger partial charge in [0.05, 0.1) is 12.5 Å². The predicted octanol–water partition coefficient (Wildman–Crippen LogP) is 1.56. The summed E-state index contributed by atoms with van der Waals surface area (Å²) < 4.78 is 4.58. The Morgan fingerprint density at radius 3 is 2.22 bits per heavy atom. The zero-order chi connectivity index (χ0) is 13.8. The van der Waals surface area contributed by atoms with Crippen molar-refractivity contribution in [2.75, 3.05) is 7.11 Å². The first-order valence-corrected chi connectivity index (χ1v) is 5.84. The Labute approximate surface area is 107 Å². The molecular formula is C14H19NO3.